The summed E-state index contributed by atoms with van der Waals surface area (Å²) in [6.07, 6.45) is 0.999. The highest BCUT2D eigenvalue weighted by atomic mass is 19.1. The predicted molar refractivity (Wildman–Crippen MR) is 89.3 cm³/mol. The first-order chi connectivity index (χ1) is 10.7. The standard InChI is InChI=1S/C18H22FN3/c1-3-14-8-4-5-9-15(14)12-21-18(20-2)22-13-16-10-6-7-11-17(16)19/h4-11H,3,12-13H2,1-2H3,(H2,20,21,22). The molecule has 2 rings (SSSR count). The Kier molecular flexibility index (Phi) is 5.95. The number of nitrogens with one attached hydrogen (secondary N) is 2. The van der Waals surface area contributed by atoms with Crippen LogP contribution in [0.25, 0.3) is 0 Å². The van der Waals surface area contributed by atoms with Crippen molar-refractivity contribution in [3.63, 3.8) is 0 Å². The lowest BCUT2D eigenvalue weighted by molar-refractivity contribution is 0.604. The molecule has 0 aromatic heterocycles. The third-order valence-corrected chi connectivity index (χ3v) is 3.57. The van der Waals surface area contributed by atoms with Crippen molar-refractivity contribution in [1.82, 2.24) is 10.6 Å². The van der Waals surface area contributed by atoms with Crippen LogP contribution in [-0.4, -0.2) is 13.0 Å². The molecule has 0 bridgehead atoms. The van der Waals surface area contributed by atoms with Crippen molar-refractivity contribution in [1.29, 1.82) is 0 Å². The summed E-state index contributed by atoms with van der Waals surface area (Å²) >= 11 is 0. The van der Waals surface area contributed by atoms with Gasteiger partial charge in [-0.2, -0.15) is 0 Å². The Bertz CT molecular complexity index is 638. The summed E-state index contributed by atoms with van der Waals surface area (Å²) in [5, 5.41) is 6.40. The van der Waals surface area contributed by atoms with E-state index >= 15 is 0 Å². The van der Waals surface area contributed by atoms with E-state index in [2.05, 4.69) is 34.7 Å². The average Bonchev–Trinajstić information content (AvgIpc) is 2.56. The van der Waals surface area contributed by atoms with E-state index in [1.54, 1.807) is 19.2 Å². The van der Waals surface area contributed by atoms with E-state index in [9.17, 15) is 4.39 Å². The summed E-state index contributed by atoms with van der Waals surface area (Å²) in [5.74, 6) is 0.455. The van der Waals surface area contributed by atoms with Crippen molar-refractivity contribution in [2.45, 2.75) is 26.4 Å². The van der Waals surface area contributed by atoms with Crippen LogP contribution < -0.4 is 10.6 Å². The molecule has 0 spiro atoms. The fourth-order valence-electron chi connectivity index (χ4n) is 2.30. The minimum atomic E-state index is -0.207. The number of benzene rings is 2. The smallest absolute Gasteiger partial charge is 0.191 e. The molecule has 0 saturated carbocycles. The number of nitrogens with zero attached hydrogens (tertiary/aromatic N) is 1. The Balaban J connectivity index is 1.92. The second-order valence-electron chi connectivity index (χ2n) is 4.99. The minimum Gasteiger partial charge on any atom is -0.352 e. The third kappa shape index (κ3) is 4.32. The number of hydrogen-bond acceptors (Lipinski definition) is 1. The Morgan fingerprint density at radius 2 is 1.45 bits per heavy atom. The van der Waals surface area contributed by atoms with Crippen molar-refractivity contribution in [2.24, 2.45) is 4.99 Å². The molecule has 0 fully saturated rings. The molecule has 0 aliphatic heterocycles. The summed E-state index contributed by atoms with van der Waals surface area (Å²) in [6.45, 7) is 3.24. The topological polar surface area (TPSA) is 36.4 Å². The number of guanidine groups is 1. The molecular weight excluding hydrogens is 277 g/mol. The van der Waals surface area contributed by atoms with Gasteiger partial charge in [-0.15, -0.1) is 0 Å². The number of aryl methyl sites for hydroxylation is 1. The first kappa shape index (κ1) is 16.0. The van der Waals surface area contributed by atoms with Crippen molar-refractivity contribution in [3.05, 3.63) is 71.0 Å². The largest absolute Gasteiger partial charge is 0.352 e. The molecule has 0 radical (unpaired) electrons. The van der Waals surface area contributed by atoms with E-state index in [0.717, 1.165) is 6.42 Å². The van der Waals surface area contributed by atoms with Crippen LogP contribution in [-0.2, 0) is 19.5 Å². The van der Waals surface area contributed by atoms with Gasteiger partial charge in [0.25, 0.3) is 0 Å². The van der Waals surface area contributed by atoms with E-state index in [0.29, 0.717) is 24.6 Å². The van der Waals surface area contributed by atoms with E-state index in [4.69, 9.17) is 0 Å². The van der Waals surface area contributed by atoms with Crippen molar-refractivity contribution in [3.8, 4) is 0 Å². The molecule has 0 saturated heterocycles. The van der Waals surface area contributed by atoms with E-state index in [1.165, 1.54) is 17.2 Å². The highest BCUT2D eigenvalue weighted by Gasteiger charge is 2.04. The summed E-state index contributed by atoms with van der Waals surface area (Å²) in [7, 11) is 1.71. The lowest BCUT2D eigenvalue weighted by Crippen LogP contribution is -2.36. The summed E-state index contributed by atoms with van der Waals surface area (Å²) in [5.41, 5.74) is 3.19. The number of hydrogen-bond donors (Lipinski definition) is 2. The Labute approximate surface area is 131 Å². The molecule has 0 aliphatic carbocycles. The molecule has 0 heterocycles. The Morgan fingerprint density at radius 1 is 0.909 bits per heavy atom. The van der Waals surface area contributed by atoms with E-state index in [1.807, 2.05) is 18.2 Å². The van der Waals surface area contributed by atoms with Gasteiger partial charge in [-0.25, -0.2) is 4.39 Å². The molecule has 116 valence electrons. The van der Waals surface area contributed by atoms with Gasteiger partial charge in [-0.1, -0.05) is 49.4 Å². The van der Waals surface area contributed by atoms with E-state index < -0.39 is 0 Å². The molecule has 3 nitrogen and oxygen atoms in total. The minimum absolute atomic E-state index is 0.207. The average molecular weight is 299 g/mol. The van der Waals surface area contributed by atoms with Gasteiger partial charge >= 0.3 is 0 Å². The van der Waals surface area contributed by atoms with Gasteiger partial charge in [0, 0.05) is 25.7 Å². The molecule has 22 heavy (non-hydrogen) atoms. The van der Waals surface area contributed by atoms with Crippen LogP contribution >= 0.6 is 0 Å². The van der Waals surface area contributed by atoms with Gasteiger partial charge in [0.2, 0.25) is 0 Å². The summed E-state index contributed by atoms with van der Waals surface area (Å²) < 4.78 is 13.6. The maximum Gasteiger partial charge on any atom is 0.191 e. The Morgan fingerprint density at radius 3 is 2.05 bits per heavy atom. The second kappa shape index (κ2) is 8.17. The van der Waals surface area contributed by atoms with Gasteiger partial charge in [-0.3, -0.25) is 4.99 Å². The highest BCUT2D eigenvalue weighted by Crippen LogP contribution is 2.09. The van der Waals surface area contributed by atoms with Crippen molar-refractivity contribution >= 4 is 5.96 Å². The molecule has 2 N–H and O–H groups in total. The molecule has 4 heteroatoms. The monoisotopic (exact) mass is 299 g/mol. The zero-order valence-corrected chi connectivity index (χ0v) is 13.1. The summed E-state index contributed by atoms with van der Waals surface area (Å²) in [4.78, 5) is 4.18. The van der Waals surface area contributed by atoms with E-state index in [-0.39, 0.29) is 5.82 Å². The lowest BCUT2D eigenvalue weighted by Gasteiger charge is -2.14. The van der Waals surface area contributed by atoms with Crippen LogP contribution in [0, 0.1) is 5.82 Å². The van der Waals surface area contributed by atoms with Crippen LogP contribution in [0.4, 0.5) is 4.39 Å². The van der Waals surface area contributed by atoms with Crippen LogP contribution in [0.3, 0.4) is 0 Å². The first-order valence-corrected chi connectivity index (χ1v) is 7.49. The first-order valence-electron chi connectivity index (χ1n) is 7.49. The van der Waals surface area contributed by atoms with Crippen LogP contribution in [0.1, 0.15) is 23.6 Å². The molecule has 2 aromatic carbocycles. The SMILES string of the molecule is CCc1ccccc1CNC(=NC)NCc1ccccc1F. The van der Waals surface area contributed by atoms with Gasteiger partial charge in [0.1, 0.15) is 5.82 Å². The fraction of sp³-hybridized carbons (Fsp3) is 0.278. The van der Waals surface area contributed by atoms with Crippen LogP contribution in [0.5, 0.6) is 0 Å². The van der Waals surface area contributed by atoms with Gasteiger partial charge in [0.05, 0.1) is 0 Å². The van der Waals surface area contributed by atoms with Crippen LogP contribution in [0.2, 0.25) is 0 Å². The number of rotatable bonds is 5. The predicted octanol–water partition coefficient (Wildman–Crippen LogP) is 3.25. The van der Waals surface area contributed by atoms with Crippen molar-refractivity contribution < 1.29 is 4.39 Å². The Hall–Kier alpha value is -2.36. The highest BCUT2D eigenvalue weighted by molar-refractivity contribution is 5.79. The lowest BCUT2D eigenvalue weighted by atomic mass is 10.1. The van der Waals surface area contributed by atoms with Crippen molar-refractivity contribution in [2.75, 3.05) is 7.05 Å². The van der Waals surface area contributed by atoms with Gasteiger partial charge in [-0.05, 0) is 23.6 Å². The summed E-state index contributed by atoms with van der Waals surface area (Å²) in [6, 6.07) is 15.1. The second-order valence-corrected chi connectivity index (χ2v) is 4.99. The molecule has 0 amide bonds. The molecule has 0 atom stereocenters. The molecule has 0 unspecified atom stereocenters. The van der Waals surface area contributed by atoms with Gasteiger partial charge in [0.15, 0.2) is 5.96 Å². The van der Waals surface area contributed by atoms with Gasteiger partial charge < -0.3 is 10.6 Å². The third-order valence-electron chi connectivity index (χ3n) is 3.57. The maximum atomic E-state index is 13.6. The zero-order chi connectivity index (χ0) is 15.8. The van der Waals surface area contributed by atoms with Crippen LogP contribution in [0.15, 0.2) is 53.5 Å². The molecular formula is C18H22FN3. The number of aliphatic imine (C=N–C) groups is 1. The zero-order valence-electron chi connectivity index (χ0n) is 13.1. The molecule has 2 aromatic rings. The number of halogens is 1. The molecule has 0 aliphatic rings. The quantitative estimate of drug-likeness (QED) is 0.657. The normalized spacial score (nSPS) is 11.3. The fourth-order valence-corrected chi connectivity index (χ4v) is 2.30. The maximum absolute atomic E-state index is 13.6.